The van der Waals surface area contributed by atoms with E-state index in [2.05, 4.69) is 20.0 Å². The topological polar surface area (TPSA) is 91.8 Å². The van der Waals surface area contributed by atoms with Crippen LogP contribution >= 0.6 is 0 Å². The number of aromatic nitrogens is 2. The van der Waals surface area contributed by atoms with Crippen LogP contribution in [0.4, 0.5) is 0 Å². The molecule has 0 aromatic carbocycles. The number of rotatable bonds is 4. The molecule has 1 aromatic heterocycles. The number of nitrogens with zero attached hydrogens (tertiary/aromatic N) is 3. The summed E-state index contributed by atoms with van der Waals surface area (Å²) in [5.74, 6) is -0.521. The van der Waals surface area contributed by atoms with Crippen LogP contribution in [0.3, 0.4) is 0 Å². The van der Waals surface area contributed by atoms with E-state index in [4.69, 9.17) is 5.26 Å². The van der Waals surface area contributed by atoms with Gasteiger partial charge in [-0.25, -0.2) is 0 Å². The molecule has 0 radical (unpaired) electrons. The predicted octanol–water partition coefficient (Wildman–Crippen LogP) is 0.236. The monoisotopic (exact) mass is 194 g/mol. The lowest BCUT2D eigenvalue weighted by Crippen LogP contribution is -2.29. The van der Waals surface area contributed by atoms with Gasteiger partial charge in [0.1, 0.15) is 5.92 Å². The minimum Gasteiger partial charge on any atom is -0.348 e. The molecule has 0 aliphatic heterocycles. The van der Waals surface area contributed by atoms with Gasteiger partial charge < -0.3 is 9.84 Å². The molecule has 1 heterocycles. The standard InChI is InChI=1S/C8H10N4O2/c1-2-6(3-9)8(13)10-4-7-11-5-14-12-7/h5-6H,2,4H2,1H3,(H,10,13). The fourth-order valence-corrected chi connectivity index (χ4v) is 0.895. The molecule has 0 fully saturated rings. The van der Waals surface area contributed by atoms with Gasteiger partial charge in [0.25, 0.3) is 0 Å². The van der Waals surface area contributed by atoms with Crippen molar-refractivity contribution >= 4 is 5.91 Å². The van der Waals surface area contributed by atoms with Crippen LogP contribution in [-0.4, -0.2) is 16.0 Å². The van der Waals surface area contributed by atoms with Crippen LogP contribution in [0.2, 0.25) is 0 Å². The van der Waals surface area contributed by atoms with Gasteiger partial charge in [0.15, 0.2) is 5.82 Å². The Morgan fingerprint density at radius 3 is 3.14 bits per heavy atom. The van der Waals surface area contributed by atoms with E-state index in [9.17, 15) is 4.79 Å². The first kappa shape index (κ1) is 10.2. The summed E-state index contributed by atoms with van der Waals surface area (Å²) in [5, 5.41) is 14.6. The van der Waals surface area contributed by atoms with E-state index >= 15 is 0 Å². The molecule has 1 amide bonds. The highest BCUT2D eigenvalue weighted by atomic mass is 16.5. The van der Waals surface area contributed by atoms with Crippen LogP contribution in [0.15, 0.2) is 10.9 Å². The van der Waals surface area contributed by atoms with Crippen molar-refractivity contribution < 1.29 is 9.32 Å². The van der Waals surface area contributed by atoms with Gasteiger partial charge >= 0.3 is 0 Å². The van der Waals surface area contributed by atoms with Gasteiger partial charge in [-0.05, 0) is 6.42 Å². The van der Waals surface area contributed by atoms with Gasteiger partial charge in [0.2, 0.25) is 12.3 Å². The first-order valence-corrected chi connectivity index (χ1v) is 4.20. The molecule has 1 aromatic rings. The third-order valence-electron chi connectivity index (χ3n) is 1.71. The third kappa shape index (κ3) is 2.55. The molecule has 0 saturated carbocycles. The van der Waals surface area contributed by atoms with Crippen LogP contribution in [-0.2, 0) is 11.3 Å². The highest BCUT2D eigenvalue weighted by molar-refractivity contribution is 5.80. The Bertz CT molecular complexity index is 328. The summed E-state index contributed by atoms with van der Waals surface area (Å²) in [5.41, 5.74) is 0. The van der Waals surface area contributed by atoms with E-state index in [0.717, 1.165) is 0 Å². The van der Waals surface area contributed by atoms with E-state index in [-0.39, 0.29) is 12.5 Å². The molecule has 74 valence electrons. The lowest BCUT2D eigenvalue weighted by molar-refractivity contribution is -0.123. The van der Waals surface area contributed by atoms with Crippen molar-refractivity contribution in [3.05, 3.63) is 12.2 Å². The molecule has 1 unspecified atom stereocenters. The Morgan fingerprint density at radius 2 is 2.64 bits per heavy atom. The minimum absolute atomic E-state index is 0.188. The fourth-order valence-electron chi connectivity index (χ4n) is 0.895. The number of nitrogens with one attached hydrogen (secondary N) is 1. The van der Waals surface area contributed by atoms with E-state index < -0.39 is 5.92 Å². The van der Waals surface area contributed by atoms with Gasteiger partial charge in [-0.15, -0.1) is 0 Å². The maximum Gasteiger partial charge on any atom is 0.237 e. The first-order valence-electron chi connectivity index (χ1n) is 4.20. The number of amides is 1. The van der Waals surface area contributed by atoms with Crippen molar-refractivity contribution in [1.82, 2.24) is 15.5 Å². The molecular formula is C8H10N4O2. The van der Waals surface area contributed by atoms with Gasteiger partial charge in [0.05, 0.1) is 12.6 Å². The highest BCUT2D eigenvalue weighted by Gasteiger charge is 2.15. The van der Waals surface area contributed by atoms with Gasteiger partial charge in [-0.2, -0.15) is 10.2 Å². The van der Waals surface area contributed by atoms with E-state index in [0.29, 0.717) is 12.2 Å². The normalized spacial score (nSPS) is 11.7. The SMILES string of the molecule is CCC(C#N)C(=O)NCc1ncon1. The number of nitriles is 1. The van der Waals surface area contributed by atoms with Gasteiger partial charge in [-0.3, -0.25) is 4.79 Å². The van der Waals surface area contributed by atoms with Crippen LogP contribution < -0.4 is 5.32 Å². The van der Waals surface area contributed by atoms with E-state index in [1.165, 1.54) is 6.39 Å². The van der Waals surface area contributed by atoms with Crippen molar-refractivity contribution in [3.8, 4) is 6.07 Å². The Balaban J connectivity index is 2.39. The summed E-state index contributed by atoms with van der Waals surface area (Å²) in [6, 6.07) is 1.91. The van der Waals surface area contributed by atoms with Crippen molar-refractivity contribution in [2.24, 2.45) is 5.92 Å². The Labute approximate surface area is 80.9 Å². The van der Waals surface area contributed by atoms with Crippen LogP contribution in [0.1, 0.15) is 19.2 Å². The molecule has 0 aliphatic carbocycles. The quantitative estimate of drug-likeness (QED) is 0.740. The zero-order valence-corrected chi connectivity index (χ0v) is 7.73. The van der Waals surface area contributed by atoms with Crippen molar-refractivity contribution in [1.29, 1.82) is 5.26 Å². The third-order valence-corrected chi connectivity index (χ3v) is 1.71. The van der Waals surface area contributed by atoms with Gasteiger partial charge in [-0.1, -0.05) is 12.1 Å². The predicted molar refractivity (Wildman–Crippen MR) is 45.5 cm³/mol. The first-order chi connectivity index (χ1) is 6.77. The summed E-state index contributed by atoms with van der Waals surface area (Å²) in [6.07, 6.45) is 1.68. The molecule has 6 nitrogen and oxygen atoms in total. The molecule has 0 spiro atoms. The molecule has 0 bridgehead atoms. The molecule has 6 heteroatoms. The number of carbonyl (C=O) groups excluding carboxylic acids is 1. The number of hydrogen-bond donors (Lipinski definition) is 1. The molecule has 14 heavy (non-hydrogen) atoms. The second-order valence-corrected chi connectivity index (χ2v) is 2.66. The van der Waals surface area contributed by atoms with Crippen LogP contribution in [0, 0.1) is 17.2 Å². The zero-order chi connectivity index (χ0) is 10.4. The van der Waals surface area contributed by atoms with Crippen molar-refractivity contribution in [2.75, 3.05) is 0 Å². The number of hydrogen-bond acceptors (Lipinski definition) is 5. The van der Waals surface area contributed by atoms with Gasteiger partial charge in [0, 0.05) is 0 Å². The molecule has 1 atom stereocenters. The smallest absolute Gasteiger partial charge is 0.237 e. The molecular weight excluding hydrogens is 184 g/mol. The average Bonchev–Trinajstić information content (AvgIpc) is 2.69. The van der Waals surface area contributed by atoms with E-state index in [1.54, 1.807) is 6.92 Å². The molecule has 0 saturated heterocycles. The lowest BCUT2D eigenvalue weighted by Gasteiger charge is -2.05. The van der Waals surface area contributed by atoms with E-state index in [1.807, 2.05) is 6.07 Å². The second kappa shape index (κ2) is 4.97. The highest BCUT2D eigenvalue weighted by Crippen LogP contribution is 2.00. The summed E-state index contributed by atoms with van der Waals surface area (Å²) in [4.78, 5) is 15.0. The van der Waals surface area contributed by atoms with Crippen LogP contribution in [0.5, 0.6) is 0 Å². The molecule has 1 rings (SSSR count). The van der Waals surface area contributed by atoms with Crippen LogP contribution in [0.25, 0.3) is 0 Å². The maximum atomic E-state index is 11.3. The summed E-state index contributed by atoms with van der Waals surface area (Å²) < 4.78 is 4.48. The number of carbonyl (C=O) groups is 1. The van der Waals surface area contributed by atoms with Crippen molar-refractivity contribution in [3.63, 3.8) is 0 Å². The molecule has 1 N–H and O–H groups in total. The van der Waals surface area contributed by atoms with Crippen molar-refractivity contribution in [2.45, 2.75) is 19.9 Å². The molecule has 0 aliphatic rings. The maximum absolute atomic E-state index is 11.3. The Kier molecular flexibility index (Phi) is 3.61. The summed E-state index contributed by atoms with van der Waals surface area (Å²) in [6.45, 7) is 1.97. The fraction of sp³-hybridized carbons (Fsp3) is 0.500. The lowest BCUT2D eigenvalue weighted by atomic mass is 10.1. The second-order valence-electron chi connectivity index (χ2n) is 2.66. The average molecular weight is 194 g/mol. The Hall–Kier alpha value is -1.90. The summed E-state index contributed by atoms with van der Waals surface area (Å²) >= 11 is 0. The minimum atomic E-state index is -0.609. The largest absolute Gasteiger partial charge is 0.348 e. The summed E-state index contributed by atoms with van der Waals surface area (Å²) in [7, 11) is 0. The zero-order valence-electron chi connectivity index (χ0n) is 7.73. The Morgan fingerprint density at radius 1 is 1.86 bits per heavy atom.